The molecule has 1 aliphatic rings. The third-order valence-corrected chi connectivity index (χ3v) is 5.04. The first-order chi connectivity index (χ1) is 9.18. The third-order valence-electron chi connectivity index (χ3n) is 3.51. The van der Waals surface area contributed by atoms with Crippen LogP contribution < -0.4 is 4.72 Å². The summed E-state index contributed by atoms with van der Waals surface area (Å²) >= 11 is 0. The van der Waals surface area contributed by atoms with Crippen molar-refractivity contribution in [3.05, 3.63) is 29.8 Å². The van der Waals surface area contributed by atoms with E-state index in [-0.39, 0.29) is 10.9 Å². The molecule has 3 nitrogen and oxygen atoms in total. The van der Waals surface area contributed by atoms with E-state index >= 15 is 0 Å². The Hall–Kier alpha value is -1.08. The predicted molar refractivity (Wildman–Crippen MR) is 68.6 cm³/mol. The Bertz CT molecular complexity index is 566. The number of hydrogen-bond acceptors (Lipinski definition) is 2. The summed E-state index contributed by atoms with van der Waals surface area (Å²) in [5.74, 6) is 0.468. The van der Waals surface area contributed by atoms with Crippen molar-refractivity contribution >= 4 is 10.0 Å². The minimum atomic E-state index is -4.46. The Morgan fingerprint density at radius 2 is 1.75 bits per heavy atom. The highest BCUT2D eigenvalue weighted by molar-refractivity contribution is 7.89. The summed E-state index contributed by atoms with van der Waals surface area (Å²) < 4.78 is 63.9. The summed E-state index contributed by atoms with van der Waals surface area (Å²) in [6.45, 7) is 2.05. The topological polar surface area (TPSA) is 46.2 Å². The van der Waals surface area contributed by atoms with Gasteiger partial charge < -0.3 is 0 Å². The van der Waals surface area contributed by atoms with Crippen LogP contribution in [-0.2, 0) is 16.2 Å². The van der Waals surface area contributed by atoms with Crippen LogP contribution in [0.3, 0.4) is 0 Å². The molecule has 20 heavy (non-hydrogen) atoms. The summed E-state index contributed by atoms with van der Waals surface area (Å²) in [5.41, 5.74) is -0.856. The van der Waals surface area contributed by atoms with E-state index in [1.165, 1.54) is 0 Å². The van der Waals surface area contributed by atoms with Crippen LogP contribution in [0, 0.1) is 5.92 Å². The number of nitrogens with one attached hydrogen (secondary N) is 1. The molecule has 0 spiro atoms. The first-order valence-corrected chi connectivity index (χ1v) is 7.86. The molecular weight excluding hydrogens is 291 g/mol. The van der Waals surface area contributed by atoms with Gasteiger partial charge in [0.05, 0.1) is 10.5 Å². The normalized spacial score (nSPS) is 24.0. The van der Waals surface area contributed by atoms with E-state index < -0.39 is 21.8 Å². The second kappa shape index (κ2) is 5.37. The molecule has 0 saturated heterocycles. The highest BCUT2D eigenvalue weighted by atomic mass is 32.2. The van der Waals surface area contributed by atoms with Crippen LogP contribution in [-0.4, -0.2) is 14.5 Å². The Morgan fingerprint density at radius 3 is 2.20 bits per heavy atom. The number of hydrogen-bond donors (Lipinski definition) is 1. The molecule has 0 heterocycles. The first-order valence-electron chi connectivity index (χ1n) is 6.38. The van der Waals surface area contributed by atoms with Gasteiger partial charge in [-0.15, -0.1) is 0 Å². The van der Waals surface area contributed by atoms with Crippen LogP contribution in [0.4, 0.5) is 13.2 Å². The molecule has 1 aliphatic carbocycles. The average Bonchev–Trinajstić information content (AvgIpc) is 2.73. The molecule has 1 fully saturated rings. The van der Waals surface area contributed by atoms with Crippen molar-refractivity contribution in [2.75, 3.05) is 0 Å². The highest BCUT2D eigenvalue weighted by Gasteiger charge is 2.31. The lowest BCUT2D eigenvalue weighted by Gasteiger charge is -2.13. The predicted octanol–water partition coefficient (Wildman–Crippen LogP) is 3.17. The summed E-state index contributed by atoms with van der Waals surface area (Å²) in [7, 11) is -3.75. The van der Waals surface area contributed by atoms with Gasteiger partial charge >= 0.3 is 6.18 Å². The minimum absolute atomic E-state index is 0.128. The summed E-state index contributed by atoms with van der Waals surface area (Å²) in [5, 5.41) is 0. The van der Waals surface area contributed by atoms with Gasteiger partial charge in [-0.3, -0.25) is 0 Å². The number of sulfonamides is 1. The van der Waals surface area contributed by atoms with Gasteiger partial charge in [-0.1, -0.05) is 6.92 Å². The Balaban J connectivity index is 2.13. The van der Waals surface area contributed by atoms with Gasteiger partial charge in [0, 0.05) is 6.04 Å². The SMILES string of the molecule is CC1CCC(NS(=O)(=O)c2ccc(C(F)(F)F)cc2)C1. The van der Waals surface area contributed by atoms with Gasteiger partial charge in [0.25, 0.3) is 0 Å². The van der Waals surface area contributed by atoms with Crippen LogP contribution >= 0.6 is 0 Å². The molecular formula is C13H16F3NO2S. The molecule has 1 aromatic rings. The molecule has 0 amide bonds. The molecule has 0 radical (unpaired) electrons. The maximum absolute atomic E-state index is 12.4. The van der Waals surface area contributed by atoms with Gasteiger partial charge in [-0.25, -0.2) is 13.1 Å². The van der Waals surface area contributed by atoms with Gasteiger partial charge in [-0.2, -0.15) is 13.2 Å². The van der Waals surface area contributed by atoms with Crippen molar-refractivity contribution in [1.82, 2.24) is 4.72 Å². The molecule has 7 heteroatoms. The van der Waals surface area contributed by atoms with Crippen LogP contribution in [0.15, 0.2) is 29.2 Å². The lowest BCUT2D eigenvalue weighted by atomic mass is 10.1. The van der Waals surface area contributed by atoms with E-state index in [0.29, 0.717) is 5.92 Å². The van der Waals surface area contributed by atoms with Crippen molar-refractivity contribution in [2.45, 2.75) is 43.3 Å². The molecule has 1 N–H and O–H groups in total. The van der Waals surface area contributed by atoms with E-state index in [1.807, 2.05) is 6.92 Å². The van der Waals surface area contributed by atoms with Crippen LogP contribution in [0.2, 0.25) is 0 Å². The van der Waals surface area contributed by atoms with Crippen molar-refractivity contribution in [1.29, 1.82) is 0 Å². The molecule has 0 bridgehead atoms. The number of rotatable bonds is 3. The van der Waals surface area contributed by atoms with E-state index in [9.17, 15) is 21.6 Å². The monoisotopic (exact) mass is 307 g/mol. The smallest absolute Gasteiger partial charge is 0.208 e. The zero-order chi connectivity index (χ0) is 15.0. The van der Waals surface area contributed by atoms with Crippen molar-refractivity contribution in [3.8, 4) is 0 Å². The number of alkyl halides is 3. The van der Waals surface area contributed by atoms with E-state index in [0.717, 1.165) is 43.5 Å². The second-order valence-electron chi connectivity index (χ2n) is 5.26. The van der Waals surface area contributed by atoms with Crippen LogP contribution in [0.5, 0.6) is 0 Å². The zero-order valence-electron chi connectivity index (χ0n) is 10.9. The number of halogens is 3. The fourth-order valence-electron chi connectivity index (χ4n) is 2.42. The second-order valence-corrected chi connectivity index (χ2v) is 6.97. The van der Waals surface area contributed by atoms with Gasteiger partial charge in [0.15, 0.2) is 0 Å². The Labute approximate surface area is 116 Å². The lowest BCUT2D eigenvalue weighted by molar-refractivity contribution is -0.137. The van der Waals surface area contributed by atoms with Crippen LogP contribution in [0.25, 0.3) is 0 Å². The molecule has 2 atom stereocenters. The largest absolute Gasteiger partial charge is 0.416 e. The van der Waals surface area contributed by atoms with Crippen molar-refractivity contribution < 1.29 is 21.6 Å². The number of benzene rings is 1. The fourth-order valence-corrected chi connectivity index (χ4v) is 3.71. The van der Waals surface area contributed by atoms with Gasteiger partial charge in [0.1, 0.15) is 0 Å². The quantitative estimate of drug-likeness (QED) is 0.932. The Kier molecular flexibility index (Phi) is 4.11. The first kappa shape index (κ1) is 15.3. The van der Waals surface area contributed by atoms with E-state index in [1.54, 1.807) is 0 Å². The lowest BCUT2D eigenvalue weighted by Crippen LogP contribution is -2.32. The molecule has 1 aromatic carbocycles. The Morgan fingerprint density at radius 1 is 1.15 bits per heavy atom. The fraction of sp³-hybridized carbons (Fsp3) is 0.538. The molecule has 0 aliphatic heterocycles. The molecule has 112 valence electrons. The van der Waals surface area contributed by atoms with Gasteiger partial charge in [-0.05, 0) is 49.4 Å². The summed E-state index contributed by atoms with van der Waals surface area (Å²) in [4.78, 5) is -0.134. The molecule has 2 unspecified atom stereocenters. The third kappa shape index (κ3) is 3.52. The average molecular weight is 307 g/mol. The summed E-state index contributed by atoms with van der Waals surface area (Å²) in [6.07, 6.45) is -1.97. The zero-order valence-corrected chi connectivity index (χ0v) is 11.8. The summed E-state index contributed by atoms with van der Waals surface area (Å²) in [6, 6.07) is 3.42. The van der Waals surface area contributed by atoms with Crippen molar-refractivity contribution in [3.63, 3.8) is 0 Å². The van der Waals surface area contributed by atoms with E-state index in [4.69, 9.17) is 0 Å². The maximum atomic E-state index is 12.4. The van der Waals surface area contributed by atoms with Gasteiger partial charge in [0.2, 0.25) is 10.0 Å². The van der Waals surface area contributed by atoms with Crippen LogP contribution in [0.1, 0.15) is 31.7 Å². The minimum Gasteiger partial charge on any atom is -0.208 e. The highest BCUT2D eigenvalue weighted by Crippen LogP contribution is 2.30. The van der Waals surface area contributed by atoms with E-state index in [2.05, 4.69) is 4.72 Å². The standard InChI is InChI=1S/C13H16F3NO2S/c1-9-2-5-11(8-9)17-20(18,19)12-6-3-10(4-7-12)13(14,15)16/h3-4,6-7,9,11,17H,2,5,8H2,1H3. The molecule has 0 aromatic heterocycles. The molecule has 1 saturated carbocycles. The van der Waals surface area contributed by atoms with Crippen molar-refractivity contribution in [2.24, 2.45) is 5.92 Å². The maximum Gasteiger partial charge on any atom is 0.416 e. The molecule has 2 rings (SSSR count).